The third kappa shape index (κ3) is 1.78. The molecule has 1 saturated carbocycles. The summed E-state index contributed by atoms with van der Waals surface area (Å²) in [6, 6.07) is 0.407. The lowest BCUT2D eigenvalue weighted by molar-refractivity contribution is 0.0144. The van der Waals surface area contributed by atoms with Crippen LogP contribution in [0.1, 0.15) is 38.5 Å². The Morgan fingerprint density at radius 3 is 2.33 bits per heavy atom. The van der Waals surface area contributed by atoms with Crippen molar-refractivity contribution in [1.29, 1.82) is 0 Å². The second kappa shape index (κ2) is 3.99. The van der Waals surface area contributed by atoms with Crippen LogP contribution in [0.15, 0.2) is 0 Å². The number of hydrogen-bond acceptors (Lipinski definition) is 2. The van der Waals surface area contributed by atoms with Crippen molar-refractivity contribution in [3.8, 4) is 0 Å². The highest BCUT2D eigenvalue weighted by Gasteiger charge is 2.40. The lowest BCUT2D eigenvalue weighted by atomic mass is 9.91. The molecule has 2 aliphatic rings. The first-order valence-corrected chi connectivity index (χ1v) is 4.77. The smallest absolute Gasteiger partial charge is 0.0800 e. The Morgan fingerprint density at radius 2 is 1.83 bits per heavy atom. The van der Waals surface area contributed by atoms with Crippen molar-refractivity contribution in [2.45, 2.75) is 50.2 Å². The zero-order valence-electron chi connectivity index (χ0n) is 7.47. The van der Waals surface area contributed by atoms with Crippen LogP contribution < -0.4 is 5.32 Å². The molecule has 1 heterocycles. The number of aliphatic hydroxyl groups is 1. The molecule has 1 saturated heterocycles. The molecule has 0 aromatic heterocycles. The van der Waals surface area contributed by atoms with Crippen LogP contribution in [0, 0.1) is 0 Å². The molecule has 1 aliphatic heterocycles. The summed E-state index contributed by atoms with van der Waals surface area (Å²) in [5.74, 6) is 0. The Morgan fingerprint density at radius 1 is 1.17 bits per heavy atom. The maximum atomic E-state index is 10.1. The minimum atomic E-state index is -0.337. The quantitative estimate of drug-likeness (QED) is 0.649. The van der Waals surface area contributed by atoms with Gasteiger partial charge in [-0.05, 0) is 32.2 Å². The molecule has 2 fully saturated rings. The van der Waals surface area contributed by atoms with Gasteiger partial charge in [0.2, 0.25) is 0 Å². The molecule has 72 valence electrons. The molecule has 3 heteroatoms. The molecule has 1 aliphatic carbocycles. The predicted molar refractivity (Wildman–Crippen MR) is 54.8 cm³/mol. The fraction of sp³-hybridized carbons (Fsp3) is 1.00. The Labute approximate surface area is 81.2 Å². The normalized spacial score (nSPS) is 33.2. The van der Waals surface area contributed by atoms with Crippen LogP contribution in [-0.4, -0.2) is 23.3 Å². The molecule has 0 aromatic carbocycles. The van der Waals surface area contributed by atoms with Gasteiger partial charge < -0.3 is 10.4 Å². The van der Waals surface area contributed by atoms with E-state index in [0.717, 1.165) is 19.4 Å². The molecule has 0 unspecified atom stereocenters. The largest absolute Gasteiger partial charge is 0.388 e. The van der Waals surface area contributed by atoms with Gasteiger partial charge in [-0.15, -0.1) is 0 Å². The zero-order valence-corrected chi connectivity index (χ0v) is 8.47. The van der Waals surface area contributed by atoms with Gasteiger partial charge in [0.25, 0.3) is 0 Å². The first-order chi connectivity index (χ1) is 5.31. The average Bonchev–Trinajstić information content (AvgIpc) is 2.55. The van der Waals surface area contributed by atoms with Gasteiger partial charge in [0, 0.05) is 6.04 Å². The first-order valence-electron chi connectivity index (χ1n) is 4.77. The van der Waals surface area contributed by atoms with Gasteiger partial charge >= 0.3 is 0 Å². The van der Waals surface area contributed by atoms with E-state index in [1.807, 2.05) is 0 Å². The van der Waals surface area contributed by atoms with Gasteiger partial charge in [0.05, 0.1) is 5.60 Å². The highest BCUT2D eigenvalue weighted by atomic mass is 32.1. The van der Waals surface area contributed by atoms with Crippen molar-refractivity contribution in [3.63, 3.8) is 0 Å². The van der Waals surface area contributed by atoms with Gasteiger partial charge in [-0.1, -0.05) is 12.8 Å². The zero-order chi connectivity index (χ0) is 7.73. The highest BCUT2D eigenvalue weighted by Crippen LogP contribution is 2.35. The van der Waals surface area contributed by atoms with Crippen LogP contribution in [0.2, 0.25) is 0 Å². The molecular weight excluding hydrogens is 170 g/mol. The average molecular weight is 189 g/mol. The minimum absolute atomic E-state index is 0. The minimum Gasteiger partial charge on any atom is -0.388 e. The second-order valence-corrected chi connectivity index (χ2v) is 3.96. The summed E-state index contributed by atoms with van der Waals surface area (Å²) in [5, 5.41) is 13.5. The van der Waals surface area contributed by atoms with Crippen molar-refractivity contribution in [2.75, 3.05) is 6.54 Å². The van der Waals surface area contributed by atoms with E-state index < -0.39 is 0 Å². The number of rotatable bonds is 1. The highest BCUT2D eigenvalue weighted by molar-refractivity contribution is 7.59. The summed E-state index contributed by atoms with van der Waals surface area (Å²) >= 11 is 0. The van der Waals surface area contributed by atoms with E-state index in [-0.39, 0.29) is 19.1 Å². The molecule has 0 radical (unpaired) electrons. The molecule has 1 atom stereocenters. The van der Waals surface area contributed by atoms with Gasteiger partial charge in [-0.2, -0.15) is 13.5 Å². The summed E-state index contributed by atoms with van der Waals surface area (Å²) in [4.78, 5) is 0. The van der Waals surface area contributed by atoms with Crippen LogP contribution in [0.25, 0.3) is 0 Å². The summed E-state index contributed by atoms with van der Waals surface area (Å²) in [6.07, 6.45) is 6.89. The van der Waals surface area contributed by atoms with Crippen LogP contribution in [0.4, 0.5) is 0 Å². The van der Waals surface area contributed by atoms with Crippen molar-refractivity contribution >= 4 is 13.5 Å². The molecule has 2 N–H and O–H groups in total. The lowest BCUT2D eigenvalue weighted by Gasteiger charge is -2.29. The standard InChI is InChI=1S/C9H17NO.H2S/c11-9(5-1-2-6-9)8-4-3-7-10-8;/h8,10-11H,1-7H2;1H2/t8-;/m0./s1. The topological polar surface area (TPSA) is 32.3 Å². The fourth-order valence-corrected chi connectivity index (χ4v) is 2.48. The maximum Gasteiger partial charge on any atom is 0.0800 e. The summed E-state index contributed by atoms with van der Waals surface area (Å²) < 4.78 is 0. The Balaban J connectivity index is 0.000000720. The van der Waals surface area contributed by atoms with E-state index in [0.29, 0.717) is 6.04 Å². The lowest BCUT2D eigenvalue weighted by Crippen LogP contribution is -2.45. The molecule has 0 bridgehead atoms. The van der Waals surface area contributed by atoms with E-state index in [1.54, 1.807) is 0 Å². The molecule has 2 nitrogen and oxygen atoms in total. The van der Waals surface area contributed by atoms with Gasteiger partial charge in [-0.25, -0.2) is 0 Å². The third-order valence-electron chi connectivity index (χ3n) is 3.18. The first kappa shape index (κ1) is 10.4. The molecule has 12 heavy (non-hydrogen) atoms. The molecule has 0 spiro atoms. The van der Waals surface area contributed by atoms with E-state index in [2.05, 4.69) is 5.32 Å². The SMILES string of the molecule is OC1([C@@H]2CCCN2)CCCC1.S. The Kier molecular flexibility index (Phi) is 3.44. The summed E-state index contributed by atoms with van der Waals surface area (Å²) in [5.41, 5.74) is -0.337. The van der Waals surface area contributed by atoms with Gasteiger partial charge in [0.1, 0.15) is 0 Å². The van der Waals surface area contributed by atoms with Crippen LogP contribution >= 0.6 is 13.5 Å². The van der Waals surface area contributed by atoms with Crippen LogP contribution in [0.5, 0.6) is 0 Å². The molecular formula is C9H19NOS. The maximum absolute atomic E-state index is 10.1. The van der Waals surface area contributed by atoms with E-state index in [9.17, 15) is 5.11 Å². The third-order valence-corrected chi connectivity index (χ3v) is 3.18. The predicted octanol–water partition coefficient (Wildman–Crippen LogP) is 1.16. The number of nitrogens with one attached hydrogen (secondary N) is 1. The fourth-order valence-electron chi connectivity index (χ4n) is 2.48. The summed E-state index contributed by atoms with van der Waals surface area (Å²) in [7, 11) is 0. The van der Waals surface area contributed by atoms with Crippen LogP contribution in [-0.2, 0) is 0 Å². The number of hydrogen-bond donors (Lipinski definition) is 2. The Bertz CT molecular complexity index is 139. The monoisotopic (exact) mass is 189 g/mol. The van der Waals surface area contributed by atoms with Crippen molar-refractivity contribution in [2.24, 2.45) is 0 Å². The molecule has 2 rings (SSSR count). The molecule has 0 aromatic rings. The van der Waals surface area contributed by atoms with Crippen LogP contribution in [0.3, 0.4) is 0 Å². The van der Waals surface area contributed by atoms with Gasteiger partial charge in [0.15, 0.2) is 0 Å². The van der Waals surface area contributed by atoms with E-state index >= 15 is 0 Å². The Hall–Kier alpha value is 0.270. The van der Waals surface area contributed by atoms with Gasteiger partial charge in [-0.3, -0.25) is 0 Å². The molecule has 0 amide bonds. The second-order valence-electron chi connectivity index (χ2n) is 3.96. The van der Waals surface area contributed by atoms with E-state index in [4.69, 9.17) is 0 Å². The van der Waals surface area contributed by atoms with Crippen molar-refractivity contribution in [3.05, 3.63) is 0 Å². The van der Waals surface area contributed by atoms with Crippen molar-refractivity contribution in [1.82, 2.24) is 5.32 Å². The van der Waals surface area contributed by atoms with E-state index in [1.165, 1.54) is 25.7 Å². The summed E-state index contributed by atoms with van der Waals surface area (Å²) in [6.45, 7) is 1.10. The van der Waals surface area contributed by atoms with Crippen molar-refractivity contribution < 1.29 is 5.11 Å².